The van der Waals surface area contributed by atoms with Gasteiger partial charge in [-0.05, 0) is 59.0 Å². The third-order valence-electron chi connectivity index (χ3n) is 4.58. The molecule has 2 heterocycles. The molecule has 130 valence electrons. The highest BCUT2D eigenvalue weighted by molar-refractivity contribution is 5.68. The minimum absolute atomic E-state index is 0.159. The quantitative estimate of drug-likeness (QED) is 0.772. The Balaban J connectivity index is 0.000000255. The van der Waals surface area contributed by atoms with Crippen molar-refractivity contribution in [2.24, 2.45) is 11.8 Å². The summed E-state index contributed by atoms with van der Waals surface area (Å²) in [6.07, 6.45) is 4.90. The van der Waals surface area contributed by atoms with Crippen LogP contribution >= 0.6 is 0 Å². The second-order valence-corrected chi connectivity index (χ2v) is 7.81. The van der Waals surface area contributed by atoms with E-state index in [1.165, 1.54) is 25.9 Å². The van der Waals surface area contributed by atoms with E-state index in [1.807, 2.05) is 25.7 Å². The molecular weight excluding hydrogens is 276 g/mol. The molecule has 22 heavy (non-hydrogen) atoms. The zero-order valence-corrected chi connectivity index (χ0v) is 15.5. The van der Waals surface area contributed by atoms with Gasteiger partial charge in [-0.3, -0.25) is 0 Å². The molecule has 0 aliphatic carbocycles. The van der Waals surface area contributed by atoms with E-state index in [-0.39, 0.29) is 11.7 Å². The maximum atomic E-state index is 11.6. The number of ether oxygens (including phenoxy) is 1. The average Bonchev–Trinajstić information content (AvgIpc) is 3.05. The fourth-order valence-electron chi connectivity index (χ4n) is 3.02. The maximum Gasteiger partial charge on any atom is 0.410 e. The van der Waals surface area contributed by atoms with Crippen LogP contribution in [0.5, 0.6) is 0 Å². The van der Waals surface area contributed by atoms with Crippen molar-refractivity contribution in [3.63, 3.8) is 0 Å². The molecule has 0 radical (unpaired) electrons. The number of hydrogen-bond donors (Lipinski definition) is 0. The maximum absolute atomic E-state index is 11.6. The van der Waals surface area contributed by atoms with Crippen LogP contribution in [0.15, 0.2) is 0 Å². The van der Waals surface area contributed by atoms with Crippen LogP contribution in [0.4, 0.5) is 4.79 Å². The van der Waals surface area contributed by atoms with E-state index in [4.69, 9.17) is 4.74 Å². The molecule has 0 saturated carbocycles. The smallest absolute Gasteiger partial charge is 0.410 e. The van der Waals surface area contributed by atoms with Crippen LogP contribution in [0.3, 0.4) is 0 Å². The van der Waals surface area contributed by atoms with Crippen molar-refractivity contribution in [3.05, 3.63) is 0 Å². The summed E-state index contributed by atoms with van der Waals surface area (Å²) in [6.45, 7) is 14.5. The van der Waals surface area contributed by atoms with Crippen LogP contribution in [-0.4, -0.2) is 54.7 Å². The molecule has 0 spiro atoms. The standard InChI is InChI=1S/C11H21NO2.C7H15N/c1-5-9-6-7-12(8-9)10(13)14-11(2,3)4;1-3-7-4-5-8(2)6-7/h9H,5-8H2,1-4H3;7H,3-6H2,1-2H3. The van der Waals surface area contributed by atoms with Gasteiger partial charge in [0.25, 0.3) is 0 Å². The highest BCUT2D eigenvalue weighted by atomic mass is 16.6. The average molecular weight is 312 g/mol. The number of likely N-dealkylation sites (tertiary alicyclic amines) is 2. The van der Waals surface area contributed by atoms with Crippen molar-refractivity contribution >= 4 is 6.09 Å². The van der Waals surface area contributed by atoms with Gasteiger partial charge in [0.05, 0.1) is 0 Å². The van der Waals surface area contributed by atoms with Gasteiger partial charge in [0.15, 0.2) is 0 Å². The van der Waals surface area contributed by atoms with Gasteiger partial charge < -0.3 is 14.5 Å². The second-order valence-electron chi connectivity index (χ2n) is 7.81. The molecule has 4 heteroatoms. The van der Waals surface area contributed by atoms with Gasteiger partial charge in [-0.1, -0.05) is 26.7 Å². The molecule has 1 amide bonds. The fraction of sp³-hybridized carbons (Fsp3) is 0.944. The summed E-state index contributed by atoms with van der Waals surface area (Å²) in [6, 6.07) is 0. The molecule has 0 aromatic heterocycles. The fourth-order valence-corrected chi connectivity index (χ4v) is 3.02. The van der Waals surface area contributed by atoms with Gasteiger partial charge in [0.2, 0.25) is 0 Å². The number of carbonyl (C=O) groups excluding carboxylic acids is 1. The summed E-state index contributed by atoms with van der Waals surface area (Å²) >= 11 is 0. The zero-order chi connectivity index (χ0) is 16.8. The highest BCUT2D eigenvalue weighted by Crippen LogP contribution is 2.21. The number of hydrogen-bond acceptors (Lipinski definition) is 3. The van der Waals surface area contributed by atoms with E-state index in [2.05, 4.69) is 25.8 Å². The molecule has 2 fully saturated rings. The third kappa shape index (κ3) is 6.99. The minimum atomic E-state index is -0.374. The van der Waals surface area contributed by atoms with Crippen molar-refractivity contribution in [1.29, 1.82) is 0 Å². The molecule has 4 nitrogen and oxygen atoms in total. The lowest BCUT2D eigenvalue weighted by Gasteiger charge is -2.24. The Labute approximate surface area is 137 Å². The molecule has 2 unspecified atom stereocenters. The van der Waals surface area contributed by atoms with Gasteiger partial charge in [-0.2, -0.15) is 0 Å². The molecule has 2 rings (SSSR count). The summed E-state index contributed by atoms with van der Waals surface area (Å²) in [5.74, 6) is 1.67. The second kappa shape index (κ2) is 8.76. The minimum Gasteiger partial charge on any atom is -0.444 e. The zero-order valence-electron chi connectivity index (χ0n) is 15.5. The monoisotopic (exact) mass is 312 g/mol. The summed E-state index contributed by atoms with van der Waals surface area (Å²) in [4.78, 5) is 15.9. The normalized spacial score (nSPS) is 25.8. The summed E-state index contributed by atoms with van der Waals surface area (Å²) in [5, 5.41) is 0. The number of rotatable bonds is 2. The number of nitrogens with zero attached hydrogens (tertiary/aromatic N) is 2. The molecule has 2 saturated heterocycles. The highest BCUT2D eigenvalue weighted by Gasteiger charge is 2.28. The molecule has 2 atom stereocenters. The predicted molar refractivity (Wildman–Crippen MR) is 92.1 cm³/mol. The third-order valence-corrected chi connectivity index (χ3v) is 4.58. The Morgan fingerprint density at radius 1 is 1.05 bits per heavy atom. The van der Waals surface area contributed by atoms with Crippen molar-refractivity contribution in [2.75, 3.05) is 33.2 Å². The van der Waals surface area contributed by atoms with E-state index >= 15 is 0 Å². The van der Waals surface area contributed by atoms with E-state index in [9.17, 15) is 4.79 Å². The Morgan fingerprint density at radius 3 is 1.95 bits per heavy atom. The first-order valence-electron chi connectivity index (χ1n) is 8.91. The van der Waals surface area contributed by atoms with Gasteiger partial charge in [0.1, 0.15) is 5.60 Å². The molecule has 0 aromatic rings. The van der Waals surface area contributed by atoms with E-state index < -0.39 is 0 Å². The molecule has 2 aliphatic rings. The summed E-state index contributed by atoms with van der Waals surface area (Å²) in [5.41, 5.74) is -0.374. The van der Waals surface area contributed by atoms with Crippen LogP contribution in [0.25, 0.3) is 0 Å². The van der Waals surface area contributed by atoms with E-state index in [0.29, 0.717) is 5.92 Å². The molecule has 0 aromatic carbocycles. The van der Waals surface area contributed by atoms with Gasteiger partial charge >= 0.3 is 6.09 Å². The van der Waals surface area contributed by atoms with Crippen molar-refractivity contribution in [1.82, 2.24) is 9.80 Å². The Morgan fingerprint density at radius 2 is 1.59 bits per heavy atom. The Kier molecular flexibility index (Phi) is 7.67. The number of carbonyl (C=O) groups is 1. The topological polar surface area (TPSA) is 32.8 Å². The van der Waals surface area contributed by atoms with Gasteiger partial charge in [-0.25, -0.2) is 4.79 Å². The first kappa shape index (κ1) is 19.3. The molecule has 2 aliphatic heterocycles. The van der Waals surface area contributed by atoms with Crippen molar-refractivity contribution in [2.45, 2.75) is 65.9 Å². The largest absolute Gasteiger partial charge is 0.444 e. The van der Waals surface area contributed by atoms with Gasteiger partial charge in [0, 0.05) is 19.6 Å². The Bertz CT molecular complexity index is 338. The van der Waals surface area contributed by atoms with Crippen molar-refractivity contribution < 1.29 is 9.53 Å². The van der Waals surface area contributed by atoms with Crippen LogP contribution in [0.2, 0.25) is 0 Å². The lowest BCUT2D eigenvalue weighted by Crippen LogP contribution is -2.35. The molecule has 0 N–H and O–H groups in total. The molecular formula is C18H36N2O2. The Hall–Kier alpha value is -0.770. The van der Waals surface area contributed by atoms with Crippen LogP contribution < -0.4 is 0 Å². The van der Waals surface area contributed by atoms with Crippen LogP contribution in [-0.2, 0) is 4.74 Å². The van der Waals surface area contributed by atoms with E-state index in [0.717, 1.165) is 31.8 Å². The molecule has 0 bridgehead atoms. The van der Waals surface area contributed by atoms with Crippen molar-refractivity contribution in [3.8, 4) is 0 Å². The first-order chi connectivity index (χ1) is 10.2. The van der Waals surface area contributed by atoms with Crippen LogP contribution in [0, 0.1) is 11.8 Å². The predicted octanol–water partition coefficient (Wildman–Crippen LogP) is 4.00. The van der Waals surface area contributed by atoms with Crippen LogP contribution in [0.1, 0.15) is 60.3 Å². The lowest BCUT2D eigenvalue weighted by molar-refractivity contribution is 0.0288. The lowest BCUT2D eigenvalue weighted by atomic mass is 10.1. The summed E-state index contributed by atoms with van der Waals surface area (Å²) in [7, 11) is 2.20. The summed E-state index contributed by atoms with van der Waals surface area (Å²) < 4.78 is 5.30. The SMILES string of the molecule is CCC1CCN(C(=O)OC(C)(C)C)C1.CCC1CCN(C)C1. The first-order valence-corrected chi connectivity index (χ1v) is 8.91. The number of amides is 1. The van der Waals surface area contributed by atoms with Gasteiger partial charge in [-0.15, -0.1) is 0 Å². The van der Waals surface area contributed by atoms with E-state index in [1.54, 1.807) is 0 Å².